The summed E-state index contributed by atoms with van der Waals surface area (Å²) in [7, 11) is 1.97. The van der Waals surface area contributed by atoms with Gasteiger partial charge in [0.1, 0.15) is 0 Å². The van der Waals surface area contributed by atoms with Crippen LogP contribution < -0.4 is 5.32 Å². The molecule has 0 saturated heterocycles. The van der Waals surface area contributed by atoms with Crippen LogP contribution in [0.2, 0.25) is 0 Å². The maximum atomic E-state index is 4.40. The SMILES string of the molecule is CNC(C)c1ccccc1-c1ccccn1. The maximum Gasteiger partial charge on any atom is 0.0705 e. The highest BCUT2D eigenvalue weighted by Crippen LogP contribution is 2.25. The van der Waals surface area contributed by atoms with Crippen LogP contribution in [0.3, 0.4) is 0 Å². The first kappa shape index (κ1) is 10.8. The Kier molecular flexibility index (Phi) is 3.32. The molecule has 2 rings (SSSR count). The van der Waals surface area contributed by atoms with Gasteiger partial charge >= 0.3 is 0 Å². The van der Waals surface area contributed by atoms with Crippen LogP contribution in [0.5, 0.6) is 0 Å². The zero-order chi connectivity index (χ0) is 11.4. The van der Waals surface area contributed by atoms with Crippen molar-refractivity contribution in [1.29, 1.82) is 0 Å². The number of nitrogens with one attached hydrogen (secondary N) is 1. The number of pyridine rings is 1. The van der Waals surface area contributed by atoms with Crippen LogP contribution in [0.1, 0.15) is 18.5 Å². The first-order chi connectivity index (χ1) is 7.83. The van der Waals surface area contributed by atoms with Crippen molar-refractivity contribution in [2.45, 2.75) is 13.0 Å². The second-order valence-electron chi connectivity index (χ2n) is 3.81. The minimum Gasteiger partial charge on any atom is -0.313 e. The van der Waals surface area contributed by atoms with Gasteiger partial charge in [0.2, 0.25) is 0 Å². The van der Waals surface area contributed by atoms with Gasteiger partial charge < -0.3 is 5.32 Å². The van der Waals surface area contributed by atoms with E-state index in [9.17, 15) is 0 Å². The van der Waals surface area contributed by atoms with Gasteiger partial charge in [-0.15, -0.1) is 0 Å². The van der Waals surface area contributed by atoms with Gasteiger partial charge in [-0.05, 0) is 31.7 Å². The molecule has 0 saturated carbocycles. The molecule has 0 amide bonds. The normalized spacial score (nSPS) is 12.4. The summed E-state index contributed by atoms with van der Waals surface area (Å²) in [6.45, 7) is 2.15. The molecule has 0 bridgehead atoms. The molecule has 0 aliphatic carbocycles. The summed E-state index contributed by atoms with van der Waals surface area (Å²) >= 11 is 0. The van der Waals surface area contributed by atoms with Gasteiger partial charge in [0.25, 0.3) is 0 Å². The van der Waals surface area contributed by atoms with E-state index >= 15 is 0 Å². The molecular weight excluding hydrogens is 196 g/mol. The molecule has 1 unspecified atom stereocenters. The Labute approximate surface area is 96.4 Å². The van der Waals surface area contributed by atoms with Gasteiger partial charge in [-0.3, -0.25) is 4.98 Å². The lowest BCUT2D eigenvalue weighted by atomic mass is 9.99. The highest BCUT2D eigenvalue weighted by Gasteiger charge is 2.09. The van der Waals surface area contributed by atoms with E-state index in [0.29, 0.717) is 6.04 Å². The lowest BCUT2D eigenvalue weighted by Crippen LogP contribution is -2.13. The van der Waals surface area contributed by atoms with Crippen LogP contribution in [0.15, 0.2) is 48.7 Å². The molecule has 82 valence electrons. The number of benzene rings is 1. The summed E-state index contributed by atoms with van der Waals surface area (Å²) in [6, 6.07) is 14.7. The van der Waals surface area contributed by atoms with Gasteiger partial charge in [-0.2, -0.15) is 0 Å². The minimum absolute atomic E-state index is 0.332. The van der Waals surface area contributed by atoms with Crippen LogP contribution in [-0.4, -0.2) is 12.0 Å². The molecular formula is C14H16N2. The molecule has 16 heavy (non-hydrogen) atoms. The predicted octanol–water partition coefficient (Wildman–Crippen LogP) is 3.03. The first-order valence-electron chi connectivity index (χ1n) is 5.50. The van der Waals surface area contributed by atoms with Crippen molar-refractivity contribution < 1.29 is 0 Å². The molecule has 1 aromatic heterocycles. The molecule has 2 nitrogen and oxygen atoms in total. The lowest BCUT2D eigenvalue weighted by Gasteiger charge is -2.15. The zero-order valence-electron chi connectivity index (χ0n) is 9.64. The predicted molar refractivity (Wildman–Crippen MR) is 67.1 cm³/mol. The molecule has 0 aliphatic heterocycles. The molecule has 1 aromatic carbocycles. The van der Waals surface area contributed by atoms with E-state index in [1.807, 2.05) is 31.4 Å². The Bertz CT molecular complexity index is 451. The highest BCUT2D eigenvalue weighted by atomic mass is 14.9. The van der Waals surface area contributed by atoms with Crippen LogP contribution in [0.4, 0.5) is 0 Å². The van der Waals surface area contributed by atoms with E-state index < -0.39 is 0 Å². The van der Waals surface area contributed by atoms with Crippen LogP contribution >= 0.6 is 0 Å². The van der Waals surface area contributed by atoms with E-state index in [1.54, 1.807) is 0 Å². The Hall–Kier alpha value is -1.67. The second-order valence-corrected chi connectivity index (χ2v) is 3.81. The summed E-state index contributed by atoms with van der Waals surface area (Å²) in [6.07, 6.45) is 1.83. The number of aromatic nitrogens is 1. The van der Waals surface area contributed by atoms with E-state index in [0.717, 1.165) is 5.69 Å². The smallest absolute Gasteiger partial charge is 0.0705 e. The van der Waals surface area contributed by atoms with E-state index in [2.05, 4.69) is 41.5 Å². The van der Waals surface area contributed by atoms with Crippen LogP contribution in [0.25, 0.3) is 11.3 Å². The molecule has 1 N–H and O–H groups in total. The molecule has 0 radical (unpaired) electrons. The van der Waals surface area contributed by atoms with Gasteiger partial charge in [0.05, 0.1) is 5.69 Å². The topological polar surface area (TPSA) is 24.9 Å². The monoisotopic (exact) mass is 212 g/mol. The third kappa shape index (κ3) is 2.12. The number of hydrogen-bond acceptors (Lipinski definition) is 2. The second kappa shape index (κ2) is 4.90. The van der Waals surface area contributed by atoms with Gasteiger partial charge in [0.15, 0.2) is 0 Å². The number of rotatable bonds is 3. The van der Waals surface area contributed by atoms with Gasteiger partial charge in [0, 0.05) is 17.8 Å². The van der Waals surface area contributed by atoms with Crippen molar-refractivity contribution >= 4 is 0 Å². The Morgan fingerprint density at radius 2 is 1.81 bits per heavy atom. The summed E-state index contributed by atoms with van der Waals surface area (Å²) in [5.74, 6) is 0. The Morgan fingerprint density at radius 1 is 1.06 bits per heavy atom. The van der Waals surface area contributed by atoms with Crippen molar-refractivity contribution in [2.75, 3.05) is 7.05 Å². The van der Waals surface area contributed by atoms with Gasteiger partial charge in [-0.25, -0.2) is 0 Å². The molecule has 2 heteroatoms. The van der Waals surface area contributed by atoms with Crippen LogP contribution in [0, 0.1) is 0 Å². The molecule has 0 aliphatic rings. The lowest BCUT2D eigenvalue weighted by molar-refractivity contribution is 0.653. The summed E-state index contributed by atoms with van der Waals surface area (Å²) < 4.78 is 0. The van der Waals surface area contributed by atoms with E-state index in [-0.39, 0.29) is 0 Å². The fourth-order valence-corrected chi connectivity index (χ4v) is 1.79. The fraction of sp³-hybridized carbons (Fsp3) is 0.214. The van der Waals surface area contributed by atoms with Crippen molar-refractivity contribution in [3.8, 4) is 11.3 Å². The third-order valence-electron chi connectivity index (χ3n) is 2.80. The average molecular weight is 212 g/mol. The van der Waals surface area contributed by atoms with Crippen molar-refractivity contribution in [3.05, 3.63) is 54.2 Å². The largest absolute Gasteiger partial charge is 0.313 e. The van der Waals surface area contributed by atoms with Crippen molar-refractivity contribution in [3.63, 3.8) is 0 Å². The number of nitrogens with zero attached hydrogens (tertiary/aromatic N) is 1. The average Bonchev–Trinajstić information content (AvgIpc) is 2.39. The highest BCUT2D eigenvalue weighted by molar-refractivity contribution is 5.64. The summed E-state index contributed by atoms with van der Waals surface area (Å²) in [4.78, 5) is 4.40. The summed E-state index contributed by atoms with van der Waals surface area (Å²) in [5.41, 5.74) is 3.51. The van der Waals surface area contributed by atoms with E-state index in [4.69, 9.17) is 0 Å². The Balaban J connectivity index is 2.49. The summed E-state index contributed by atoms with van der Waals surface area (Å²) in [5, 5.41) is 3.26. The minimum atomic E-state index is 0.332. The number of hydrogen-bond donors (Lipinski definition) is 1. The van der Waals surface area contributed by atoms with E-state index in [1.165, 1.54) is 11.1 Å². The third-order valence-corrected chi connectivity index (χ3v) is 2.80. The molecule has 1 heterocycles. The molecule has 0 fully saturated rings. The van der Waals surface area contributed by atoms with Crippen LogP contribution in [-0.2, 0) is 0 Å². The first-order valence-corrected chi connectivity index (χ1v) is 5.50. The molecule has 2 aromatic rings. The quantitative estimate of drug-likeness (QED) is 0.846. The van der Waals surface area contributed by atoms with Crippen molar-refractivity contribution in [1.82, 2.24) is 10.3 Å². The van der Waals surface area contributed by atoms with Gasteiger partial charge in [-0.1, -0.05) is 30.3 Å². The zero-order valence-corrected chi connectivity index (χ0v) is 9.64. The molecule has 0 spiro atoms. The fourth-order valence-electron chi connectivity index (χ4n) is 1.79. The standard InChI is InChI=1S/C14H16N2/c1-11(15-2)12-7-3-4-8-13(12)14-9-5-6-10-16-14/h3-11,15H,1-2H3. The Morgan fingerprint density at radius 3 is 2.50 bits per heavy atom. The molecule has 1 atom stereocenters. The maximum absolute atomic E-state index is 4.40. The van der Waals surface area contributed by atoms with Crippen molar-refractivity contribution in [2.24, 2.45) is 0 Å².